The van der Waals surface area contributed by atoms with E-state index in [2.05, 4.69) is 17.2 Å². The summed E-state index contributed by atoms with van der Waals surface area (Å²) in [4.78, 5) is 5.80. The Morgan fingerprint density at radius 2 is 2.36 bits per heavy atom. The lowest BCUT2D eigenvalue weighted by molar-refractivity contribution is 0.184. The van der Waals surface area contributed by atoms with E-state index in [0.717, 1.165) is 23.3 Å². The van der Waals surface area contributed by atoms with Gasteiger partial charge in [0.25, 0.3) is 0 Å². The van der Waals surface area contributed by atoms with Crippen molar-refractivity contribution in [1.82, 2.24) is 10.3 Å². The molecule has 2 rings (SSSR count). The predicted molar refractivity (Wildman–Crippen MR) is 57.4 cm³/mol. The van der Waals surface area contributed by atoms with E-state index in [1.165, 1.54) is 17.7 Å². The third-order valence-electron chi connectivity index (χ3n) is 2.33. The summed E-state index contributed by atoms with van der Waals surface area (Å²) < 4.78 is 5.06. The molecule has 3 nitrogen and oxygen atoms in total. The minimum Gasteiger partial charge on any atom is -0.378 e. The van der Waals surface area contributed by atoms with Crippen LogP contribution in [0, 0.1) is 6.92 Å². The van der Waals surface area contributed by atoms with Crippen molar-refractivity contribution in [2.24, 2.45) is 0 Å². The Bertz CT molecular complexity index is 307. The number of ether oxygens (including phenoxy) is 1. The first-order chi connectivity index (χ1) is 6.79. The number of thiazole rings is 1. The van der Waals surface area contributed by atoms with Gasteiger partial charge >= 0.3 is 0 Å². The van der Waals surface area contributed by atoms with E-state index in [9.17, 15) is 0 Å². The van der Waals surface area contributed by atoms with Gasteiger partial charge in [-0.3, -0.25) is 0 Å². The zero-order valence-corrected chi connectivity index (χ0v) is 9.49. The lowest BCUT2D eigenvalue weighted by Gasteiger charge is -1.99. The molecule has 4 heteroatoms. The molecule has 1 saturated carbocycles. The van der Waals surface area contributed by atoms with Crippen molar-refractivity contribution in [2.75, 3.05) is 7.11 Å². The summed E-state index contributed by atoms with van der Waals surface area (Å²) in [6.07, 6.45) is 2.67. The number of aromatic nitrogens is 1. The molecule has 0 aliphatic heterocycles. The lowest BCUT2D eigenvalue weighted by Crippen LogP contribution is -2.14. The number of nitrogens with zero attached hydrogens (tertiary/aromatic N) is 1. The Balaban J connectivity index is 1.93. The third kappa shape index (κ3) is 2.53. The Kier molecular flexibility index (Phi) is 3.15. The zero-order chi connectivity index (χ0) is 9.97. The van der Waals surface area contributed by atoms with Crippen LogP contribution in [0.15, 0.2) is 0 Å². The van der Waals surface area contributed by atoms with Crippen LogP contribution in [0.1, 0.15) is 28.4 Å². The van der Waals surface area contributed by atoms with Crippen LogP contribution < -0.4 is 5.32 Å². The highest BCUT2D eigenvalue weighted by Gasteiger charge is 2.20. The molecule has 1 aromatic heterocycles. The van der Waals surface area contributed by atoms with Crippen molar-refractivity contribution in [3.05, 3.63) is 15.6 Å². The maximum Gasteiger partial charge on any atom is 0.119 e. The molecule has 1 N–H and O–H groups in total. The van der Waals surface area contributed by atoms with Crippen LogP contribution in [0.3, 0.4) is 0 Å². The van der Waals surface area contributed by atoms with Gasteiger partial charge in [-0.05, 0) is 19.8 Å². The van der Waals surface area contributed by atoms with E-state index in [-0.39, 0.29) is 0 Å². The largest absolute Gasteiger partial charge is 0.378 e. The molecule has 0 atom stereocenters. The lowest BCUT2D eigenvalue weighted by atomic mass is 10.4. The molecule has 14 heavy (non-hydrogen) atoms. The Hall–Kier alpha value is -0.450. The summed E-state index contributed by atoms with van der Waals surface area (Å²) in [5, 5.41) is 4.58. The summed E-state index contributed by atoms with van der Waals surface area (Å²) in [7, 11) is 1.71. The van der Waals surface area contributed by atoms with Crippen LogP contribution in [-0.2, 0) is 17.9 Å². The molecule has 0 bridgehead atoms. The summed E-state index contributed by atoms with van der Waals surface area (Å²) in [6, 6.07) is 0.766. The molecule has 0 amide bonds. The highest BCUT2D eigenvalue weighted by atomic mass is 32.1. The molecular weight excluding hydrogens is 196 g/mol. The Morgan fingerprint density at radius 3 is 3.00 bits per heavy atom. The van der Waals surface area contributed by atoms with Gasteiger partial charge in [0.1, 0.15) is 5.01 Å². The van der Waals surface area contributed by atoms with Gasteiger partial charge in [-0.1, -0.05) is 0 Å². The summed E-state index contributed by atoms with van der Waals surface area (Å²) in [5.41, 5.74) is 1.15. The van der Waals surface area contributed by atoms with Crippen LogP contribution >= 0.6 is 11.3 Å². The van der Waals surface area contributed by atoms with E-state index in [4.69, 9.17) is 4.74 Å². The van der Waals surface area contributed by atoms with E-state index < -0.39 is 0 Å². The number of hydrogen-bond donors (Lipinski definition) is 1. The molecule has 0 aromatic carbocycles. The topological polar surface area (TPSA) is 34.1 Å². The number of methoxy groups -OCH3 is 1. The van der Waals surface area contributed by atoms with Gasteiger partial charge in [0, 0.05) is 24.6 Å². The average Bonchev–Trinajstić information content (AvgIpc) is 2.90. The van der Waals surface area contributed by atoms with Crippen LogP contribution in [0.5, 0.6) is 0 Å². The summed E-state index contributed by atoms with van der Waals surface area (Å²) in [5.74, 6) is 0. The van der Waals surface area contributed by atoms with Crippen molar-refractivity contribution in [1.29, 1.82) is 0 Å². The van der Waals surface area contributed by atoms with Crippen molar-refractivity contribution in [2.45, 2.75) is 39.0 Å². The minimum atomic E-state index is 0.634. The molecule has 1 heterocycles. The fourth-order valence-electron chi connectivity index (χ4n) is 1.36. The first-order valence-corrected chi connectivity index (χ1v) is 5.78. The monoisotopic (exact) mass is 212 g/mol. The fraction of sp³-hybridized carbons (Fsp3) is 0.700. The molecule has 1 aromatic rings. The molecule has 0 radical (unpaired) electrons. The number of nitrogens with one attached hydrogen (secondary N) is 1. The highest BCUT2D eigenvalue weighted by molar-refractivity contribution is 7.11. The smallest absolute Gasteiger partial charge is 0.119 e. The van der Waals surface area contributed by atoms with Gasteiger partial charge < -0.3 is 10.1 Å². The van der Waals surface area contributed by atoms with E-state index >= 15 is 0 Å². The third-order valence-corrected chi connectivity index (χ3v) is 3.46. The molecule has 78 valence electrons. The van der Waals surface area contributed by atoms with E-state index in [1.54, 1.807) is 18.4 Å². The van der Waals surface area contributed by atoms with Gasteiger partial charge in [0.05, 0.1) is 12.3 Å². The van der Waals surface area contributed by atoms with Crippen LogP contribution in [0.4, 0.5) is 0 Å². The molecular formula is C10H16N2OS. The SMILES string of the molecule is COCc1nc(C)c(CNC2CC2)s1. The molecule has 0 unspecified atom stereocenters. The normalized spacial score (nSPS) is 16.1. The summed E-state index contributed by atoms with van der Waals surface area (Å²) in [6.45, 7) is 3.67. The molecule has 1 aliphatic rings. The van der Waals surface area contributed by atoms with Crippen molar-refractivity contribution < 1.29 is 4.74 Å². The van der Waals surface area contributed by atoms with Crippen LogP contribution in [0.2, 0.25) is 0 Å². The van der Waals surface area contributed by atoms with E-state index in [1.807, 2.05) is 0 Å². The molecule has 1 fully saturated rings. The second kappa shape index (κ2) is 4.38. The number of aryl methyl sites for hydroxylation is 1. The van der Waals surface area contributed by atoms with Gasteiger partial charge in [-0.15, -0.1) is 11.3 Å². The van der Waals surface area contributed by atoms with Gasteiger partial charge in [-0.25, -0.2) is 4.98 Å². The van der Waals surface area contributed by atoms with Gasteiger partial charge in [-0.2, -0.15) is 0 Å². The van der Waals surface area contributed by atoms with Gasteiger partial charge in [0.2, 0.25) is 0 Å². The van der Waals surface area contributed by atoms with Crippen molar-refractivity contribution in [3.8, 4) is 0 Å². The van der Waals surface area contributed by atoms with Crippen LogP contribution in [-0.4, -0.2) is 18.1 Å². The van der Waals surface area contributed by atoms with Crippen molar-refractivity contribution in [3.63, 3.8) is 0 Å². The Labute approximate surface area is 88.5 Å². The van der Waals surface area contributed by atoms with Gasteiger partial charge in [0.15, 0.2) is 0 Å². The minimum absolute atomic E-state index is 0.634. The van der Waals surface area contributed by atoms with Crippen LogP contribution in [0.25, 0.3) is 0 Å². The summed E-state index contributed by atoms with van der Waals surface area (Å²) >= 11 is 1.76. The standard InChI is InChI=1S/C10H16N2OS/c1-7-9(5-11-8-3-4-8)14-10(12-7)6-13-2/h8,11H,3-6H2,1-2H3. The first kappa shape index (κ1) is 10.1. The predicted octanol–water partition coefficient (Wildman–Crippen LogP) is 1.85. The highest BCUT2D eigenvalue weighted by Crippen LogP contribution is 2.22. The Morgan fingerprint density at radius 1 is 1.57 bits per heavy atom. The molecule has 0 saturated heterocycles. The maximum absolute atomic E-state index is 5.06. The van der Waals surface area contributed by atoms with Crippen molar-refractivity contribution >= 4 is 11.3 Å². The quantitative estimate of drug-likeness (QED) is 0.809. The first-order valence-electron chi connectivity index (χ1n) is 4.97. The molecule has 0 spiro atoms. The number of hydrogen-bond acceptors (Lipinski definition) is 4. The maximum atomic E-state index is 5.06. The zero-order valence-electron chi connectivity index (χ0n) is 8.67. The van der Waals surface area contributed by atoms with E-state index in [0.29, 0.717) is 6.61 Å². The average molecular weight is 212 g/mol. The number of rotatable bonds is 5. The molecule has 1 aliphatic carbocycles. The second-order valence-corrected chi connectivity index (χ2v) is 4.87. The fourth-order valence-corrected chi connectivity index (χ4v) is 2.35. The second-order valence-electron chi connectivity index (χ2n) is 3.70.